The van der Waals surface area contributed by atoms with Crippen molar-refractivity contribution in [3.8, 4) is 0 Å². The van der Waals surface area contributed by atoms with Gasteiger partial charge in [0, 0.05) is 19.5 Å². The van der Waals surface area contributed by atoms with E-state index in [0.29, 0.717) is 19.3 Å². The number of carbonyl (C=O) groups excluding carboxylic acids is 4. The quantitative estimate of drug-likeness (QED) is 0.210. The molecule has 5 atom stereocenters. The van der Waals surface area contributed by atoms with Crippen molar-refractivity contribution in [2.45, 2.75) is 68.8 Å². The van der Waals surface area contributed by atoms with Crippen LogP contribution in [-0.4, -0.2) is 104 Å². The van der Waals surface area contributed by atoms with Crippen LogP contribution < -0.4 is 16.4 Å². The van der Waals surface area contributed by atoms with Gasteiger partial charge >= 0.3 is 6.09 Å². The summed E-state index contributed by atoms with van der Waals surface area (Å²) in [5.74, 6) is -2.79. The number of carboxylic acid groups (broad SMARTS) is 1. The van der Waals surface area contributed by atoms with Crippen molar-refractivity contribution in [2.75, 3.05) is 19.7 Å². The van der Waals surface area contributed by atoms with Gasteiger partial charge in [0.15, 0.2) is 0 Å². The molecule has 0 bridgehead atoms. The van der Waals surface area contributed by atoms with E-state index in [1.807, 2.05) is 23.5 Å². The maximum atomic E-state index is 14.0. The highest BCUT2D eigenvalue weighted by atomic mass is 16.4. The minimum atomic E-state index is -1.49. The Kier molecular flexibility index (Phi) is 9.28. The van der Waals surface area contributed by atoms with E-state index in [-0.39, 0.29) is 25.9 Å². The first-order chi connectivity index (χ1) is 18.0. The zero-order valence-electron chi connectivity index (χ0n) is 21.2. The number of likely N-dealkylation sites (tertiary alicyclic amines) is 2. The monoisotopic (exact) mass is 533 g/mol. The molecule has 5 amide bonds. The Morgan fingerprint density at radius 2 is 1.79 bits per heavy atom. The minimum Gasteiger partial charge on any atom is -0.465 e. The van der Waals surface area contributed by atoms with E-state index >= 15 is 0 Å². The van der Waals surface area contributed by atoms with Crippen LogP contribution in [0.1, 0.15) is 38.2 Å². The lowest BCUT2D eigenvalue weighted by Crippen LogP contribution is -2.65. The molecular formula is C25H35N5O8. The van der Waals surface area contributed by atoms with E-state index in [0.717, 1.165) is 5.56 Å². The smallest absolute Gasteiger partial charge is 0.405 e. The number of hydrogen-bond donors (Lipinski definition) is 6. The predicted molar refractivity (Wildman–Crippen MR) is 133 cm³/mol. The summed E-state index contributed by atoms with van der Waals surface area (Å²) in [6.07, 6.45) is -1.11. The van der Waals surface area contributed by atoms with Gasteiger partial charge in [0.2, 0.25) is 23.6 Å². The number of hydrogen-bond acceptors (Lipinski definition) is 7. The summed E-state index contributed by atoms with van der Waals surface area (Å²) in [4.78, 5) is 66.5. The van der Waals surface area contributed by atoms with Gasteiger partial charge in [0.1, 0.15) is 23.7 Å². The molecule has 0 aliphatic carbocycles. The number of carbonyl (C=O) groups is 5. The van der Waals surface area contributed by atoms with Crippen LogP contribution in [0.4, 0.5) is 4.79 Å². The van der Waals surface area contributed by atoms with Gasteiger partial charge in [-0.25, -0.2) is 4.79 Å². The van der Waals surface area contributed by atoms with E-state index in [4.69, 9.17) is 10.8 Å². The van der Waals surface area contributed by atoms with Crippen LogP contribution in [-0.2, 0) is 25.6 Å². The molecule has 0 saturated carbocycles. The fourth-order valence-corrected chi connectivity index (χ4v) is 5.34. The third-order valence-electron chi connectivity index (χ3n) is 7.19. The van der Waals surface area contributed by atoms with Crippen molar-refractivity contribution >= 4 is 29.7 Å². The van der Waals surface area contributed by atoms with Crippen molar-refractivity contribution in [3.63, 3.8) is 0 Å². The average molecular weight is 534 g/mol. The largest absolute Gasteiger partial charge is 0.465 e. The molecule has 13 nitrogen and oxygen atoms in total. The van der Waals surface area contributed by atoms with Crippen LogP contribution in [0.15, 0.2) is 30.3 Å². The Labute approximate surface area is 220 Å². The number of amides is 5. The van der Waals surface area contributed by atoms with Crippen LogP contribution in [0.5, 0.6) is 0 Å². The lowest BCUT2D eigenvalue weighted by Gasteiger charge is -2.41. The summed E-state index contributed by atoms with van der Waals surface area (Å²) in [6.45, 7) is 0.942. The Morgan fingerprint density at radius 1 is 1.11 bits per heavy atom. The number of rotatable bonds is 10. The second-order valence-corrected chi connectivity index (χ2v) is 9.76. The molecule has 2 aliphatic heterocycles. The number of benzene rings is 1. The number of primary amides is 1. The molecule has 1 aromatic carbocycles. The van der Waals surface area contributed by atoms with Gasteiger partial charge in [-0.05, 0) is 38.2 Å². The van der Waals surface area contributed by atoms with Crippen molar-refractivity contribution in [3.05, 3.63) is 35.9 Å². The molecule has 7 N–H and O–H groups in total. The van der Waals surface area contributed by atoms with Crippen LogP contribution in [0, 0.1) is 0 Å². The minimum absolute atomic E-state index is 0.122. The van der Waals surface area contributed by atoms with E-state index in [1.54, 1.807) is 12.1 Å². The fraction of sp³-hybridized carbons (Fsp3) is 0.560. The lowest BCUT2D eigenvalue weighted by molar-refractivity contribution is -0.152. The third-order valence-corrected chi connectivity index (χ3v) is 7.19. The summed E-state index contributed by atoms with van der Waals surface area (Å²) >= 11 is 0. The van der Waals surface area contributed by atoms with Gasteiger partial charge in [0.25, 0.3) is 0 Å². The molecular weight excluding hydrogens is 498 g/mol. The molecule has 2 saturated heterocycles. The molecule has 1 aromatic rings. The van der Waals surface area contributed by atoms with Gasteiger partial charge in [-0.15, -0.1) is 0 Å². The lowest BCUT2D eigenvalue weighted by atomic mass is 9.86. The van der Waals surface area contributed by atoms with E-state index in [2.05, 4.69) is 5.32 Å². The first-order valence-corrected chi connectivity index (χ1v) is 12.6. The Balaban J connectivity index is 1.95. The average Bonchev–Trinajstić information content (AvgIpc) is 3.53. The fourth-order valence-electron chi connectivity index (χ4n) is 5.34. The SMILES string of the molecule is C[C@@H](O)[C@H](NC(=O)C1(Cc2ccccc2)CCCN1C(=O)[C@@H]1CCCN1C(=O)[C@H](CO)NC(=O)O)C(N)=O. The third kappa shape index (κ3) is 6.05. The Hall–Kier alpha value is -3.71. The molecule has 2 heterocycles. The van der Waals surface area contributed by atoms with Crippen molar-refractivity contribution in [1.82, 2.24) is 20.4 Å². The maximum absolute atomic E-state index is 14.0. The number of aliphatic hydroxyl groups is 2. The Bertz CT molecular complexity index is 1050. The predicted octanol–water partition coefficient (Wildman–Crippen LogP) is -1.44. The molecule has 2 aliphatic rings. The normalized spacial score (nSPS) is 23.4. The zero-order chi connectivity index (χ0) is 28.0. The molecule has 1 unspecified atom stereocenters. The van der Waals surface area contributed by atoms with Gasteiger partial charge in [-0.2, -0.15) is 0 Å². The number of aliphatic hydroxyl groups excluding tert-OH is 2. The van der Waals surface area contributed by atoms with Crippen LogP contribution in [0.2, 0.25) is 0 Å². The second-order valence-electron chi connectivity index (χ2n) is 9.76. The van der Waals surface area contributed by atoms with Crippen LogP contribution in [0.3, 0.4) is 0 Å². The van der Waals surface area contributed by atoms with Crippen LogP contribution >= 0.6 is 0 Å². The zero-order valence-corrected chi connectivity index (χ0v) is 21.2. The standard InChI is InChI=1S/C25H35N5O8/c1-15(32)19(20(26)33)28-23(36)25(13-16-7-3-2-4-8-16)10-6-12-30(25)22(35)18-9-5-11-29(18)21(34)17(14-31)27-24(37)38/h2-4,7-8,15,17-19,27,31-32H,5-6,9-14H2,1H3,(H2,26,33)(H,28,36)(H,37,38)/t15-,17+,18+,19+,25?/m1/s1. The highest BCUT2D eigenvalue weighted by Gasteiger charge is 2.53. The first-order valence-electron chi connectivity index (χ1n) is 12.6. The van der Waals surface area contributed by atoms with E-state index in [1.165, 1.54) is 16.7 Å². The summed E-state index contributed by atoms with van der Waals surface area (Å²) in [5, 5.41) is 33.1. The summed E-state index contributed by atoms with van der Waals surface area (Å²) in [5.41, 5.74) is 4.74. The Morgan fingerprint density at radius 3 is 2.37 bits per heavy atom. The molecule has 0 aromatic heterocycles. The highest BCUT2D eigenvalue weighted by Crippen LogP contribution is 2.36. The molecule has 0 radical (unpaired) electrons. The molecule has 2 fully saturated rings. The maximum Gasteiger partial charge on any atom is 0.405 e. The van der Waals surface area contributed by atoms with E-state index in [9.17, 15) is 34.2 Å². The molecule has 208 valence electrons. The van der Waals surface area contributed by atoms with Crippen molar-refractivity contribution in [2.24, 2.45) is 5.73 Å². The number of nitrogens with one attached hydrogen (secondary N) is 2. The van der Waals surface area contributed by atoms with Gasteiger partial charge < -0.3 is 41.5 Å². The number of nitrogens with two attached hydrogens (primary N) is 1. The topological polar surface area (TPSA) is 203 Å². The van der Waals surface area contributed by atoms with Gasteiger partial charge in [-0.1, -0.05) is 30.3 Å². The molecule has 3 rings (SSSR count). The van der Waals surface area contributed by atoms with Crippen molar-refractivity contribution in [1.29, 1.82) is 0 Å². The van der Waals surface area contributed by atoms with Gasteiger partial charge in [0.05, 0.1) is 12.7 Å². The summed E-state index contributed by atoms with van der Waals surface area (Å²) < 4.78 is 0. The van der Waals surface area contributed by atoms with Crippen molar-refractivity contribution < 1.29 is 39.3 Å². The second kappa shape index (κ2) is 12.2. The molecule has 0 spiro atoms. The van der Waals surface area contributed by atoms with Crippen LogP contribution in [0.25, 0.3) is 0 Å². The molecule has 13 heteroatoms. The first kappa shape index (κ1) is 28.9. The van der Waals surface area contributed by atoms with E-state index < -0.39 is 66.1 Å². The van der Waals surface area contributed by atoms with Gasteiger partial charge in [-0.3, -0.25) is 19.2 Å². The summed E-state index contributed by atoms with van der Waals surface area (Å²) in [7, 11) is 0. The molecule has 38 heavy (non-hydrogen) atoms. The number of nitrogens with zero attached hydrogens (tertiary/aromatic N) is 2. The highest BCUT2D eigenvalue weighted by molar-refractivity contribution is 5.98. The summed E-state index contributed by atoms with van der Waals surface area (Å²) in [6, 6.07) is 5.27.